The van der Waals surface area contributed by atoms with E-state index in [4.69, 9.17) is 19.8 Å². The molecule has 3 N–H and O–H groups in total. The zero-order valence-electron chi connectivity index (χ0n) is 19.7. The minimum Gasteiger partial charge on any atom is -0.475 e. The van der Waals surface area contributed by atoms with Gasteiger partial charge >= 0.3 is 24.3 Å². The SMILES string of the molecule is O=C(O)C(F)(F)F.O=C(O)C(F)(F)F.O=C1CC(c2ccncc2)C2(CCN(Cc3ccccn3)CC2)N1. The average molecular weight is 550 g/mol. The van der Waals surface area contributed by atoms with E-state index < -0.39 is 24.3 Å². The summed E-state index contributed by atoms with van der Waals surface area (Å²) in [5, 5.41) is 17.6. The fourth-order valence-electron chi connectivity index (χ4n) is 4.13. The standard InChI is InChI=1S/C19H22N4O.2C2HF3O2/c24-18-13-17(15-4-9-20-10-5-15)19(22-18)6-11-23(12-7-19)14-16-3-1-2-8-21-16;2*3-2(4,5)1(6)7/h1-5,8-10,17H,6-7,11-14H2,(H,22,24);2*(H,6,7). The molecule has 208 valence electrons. The molecule has 38 heavy (non-hydrogen) atoms. The second-order valence-electron chi connectivity index (χ2n) is 8.44. The van der Waals surface area contributed by atoms with Gasteiger partial charge in [0.05, 0.1) is 5.69 Å². The highest BCUT2D eigenvalue weighted by Crippen LogP contribution is 2.43. The number of aromatic nitrogens is 2. The zero-order valence-corrected chi connectivity index (χ0v) is 19.7. The van der Waals surface area contributed by atoms with Gasteiger partial charge in [0.1, 0.15) is 0 Å². The first-order chi connectivity index (χ1) is 17.6. The van der Waals surface area contributed by atoms with Crippen LogP contribution in [-0.4, -0.2) is 73.9 Å². The number of hydrogen-bond donors (Lipinski definition) is 3. The van der Waals surface area contributed by atoms with Gasteiger partial charge in [-0.05, 0) is 42.7 Å². The number of piperidine rings is 1. The van der Waals surface area contributed by atoms with Gasteiger partial charge in [-0.3, -0.25) is 19.7 Å². The number of likely N-dealkylation sites (tertiary alicyclic amines) is 1. The number of aliphatic carboxylic acids is 2. The smallest absolute Gasteiger partial charge is 0.475 e. The predicted molar refractivity (Wildman–Crippen MR) is 119 cm³/mol. The van der Waals surface area contributed by atoms with Crippen molar-refractivity contribution in [3.05, 3.63) is 60.2 Å². The monoisotopic (exact) mass is 550 g/mol. The van der Waals surface area contributed by atoms with Crippen LogP contribution in [0.3, 0.4) is 0 Å². The van der Waals surface area contributed by atoms with Crippen LogP contribution in [0.15, 0.2) is 48.9 Å². The lowest BCUT2D eigenvalue weighted by atomic mass is 9.74. The predicted octanol–water partition coefficient (Wildman–Crippen LogP) is 3.38. The van der Waals surface area contributed by atoms with Crippen molar-refractivity contribution in [3.8, 4) is 0 Å². The summed E-state index contributed by atoms with van der Waals surface area (Å²) in [5.41, 5.74) is 2.23. The van der Waals surface area contributed by atoms with E-state index in [2.05, 4.69) is 26.3 Å². The highest BCUT2D eigenvalue weighted by molar-refractivity contribution is 5.81. The molecule has 1 atom stereocenters. The Morgan fingerprint density at radius 3 is 1.92 bits per heavy atom. The molecule has 1 unspecified atom stereocenters. The first kappa shape index (κ1) is 30.5. The number of carbonyl (C=O) groups excluding carboxylic acids is 1. The number of pyridine rings is 2. The van der Waals surface area contributed by atoms with Gasteiger partial charge in [-0.15, -0.1) is 0 Å². The molecule has 1 amide bonds. The van der Waals surface area contributed by atoms with Crippen LogP contribution in [0.4, 0.5) is 26.3 Å². The average Bonchev–Trinajstić information content (AvgIpc) is 3.17. The molecule has 0 bridgehead atoms. The molecular weight excluding hydrogens is 526 g/mol. The van der Waals surface area contributed by atoms with Gasteiger partial charge < -0.3 is 15.5 Å². The van der Waals surface area contributed by atoms with E-state index in [1.807, 2.05) is 42.9 Å². The molecule has 0 aromatic carbocycles. The van der Waals surface area contributed by atoms with Gasteiger partial charge in [0, 0.05) is 56.1 Å². The Morgan fingerprint density at radius 1 is 0.947 bits per heavy atom. The molecule has 4 heterocycles. The van der Waals surface area contributed by atoms with E-state index >= 15 is 0 Å². The van der Waals surface area contributed by atoms with Crippen LogP contribution < -0.4 is 5.32 Å². The van der Waals surface area contributed by atoms with E-state index in [0.29, 0.717) is 6.42 Å². The lowest BCUT2D eigenvalue weighted by Gasteiger charge is -2.42. The Balaban J connectivity index is 0.000000301. The summed E-state index contributed by atoms with van der Waals surface area (Å²) in [5.74, 6) is -5.08. The minimum absolute atomic E-state index is 0.0982. The van der Waals surface area contributed by atoms with E-state index in [9.17, 15) is 31.1 Å². The molecule has 1 spiro atoms. The van der Waals surface area contributed by atoms with Crippen molar-refractivity contribution in [3.63, 3.8) is 0 Å². The zero-order chi connectivity index (χ0) is 28.6. The number of carbonyl (C=O) groups is 3. The number of alkyl halides is 6. The second-order valence-corrected chi connectivity index (χ2v) is 8.44. The van der Waals surface area contributed by atoms with Crippen LogP contribution >= 0.6 is 0 Å². The molecule has 2 aliphatic rings. The minimum atomic E-state index is -5.08. The molecule has 0 aliphatic carbocycles. The molecule has 0 saturated carbocycles. The fourth-order valence-corrected chi connectivity index (χ4v) is 4.13. The van der Waals surface area contributed by atoms with Crippen molar-refractivity contribution >= 4 is 17.8 Å². The quantitative estimate of drug-likeness (QED) is 0.496. The lowest BCUT2D eigenvalue weighted by molar-refractivity contribution is -0.193. The van der Waals surface area contributed by atoms with Crippen molar-refractivity contribution in [2.45, 2.75) is 49.6 Å². The maximum absolute atomic E-state index is 12.1. The molecule has 2 aromatic heterocycles. The maximum atomic E-state index is 12.1. The van der Waals surface area contributed by atoms with Gasteiger partial charge in [-0.2, -0.15) is 26.3 Å². The van der Waals surface area contributed by atoms with Gasteiger partial charge in [0.25, 0.3) is 0 Å². The van der Waals surface area contributed by atoms with E-state index in [0.717, 1.165) is 38.2 Å². The van der Waals surface area contributed by atoms with Crippen molar-refractivity contribution in [2.75, 3.05) is 13.1 Å². The van der Waals surface area contributed by atoms with Gasteiger partial charge in [0.2, 0.25) is 5.91 Å². The van der Waals surface area contributed by atoms with Crippen LogP contribution in [0.25, 0.3) is 0 Å². The molecule has 2 aliphatic heterocycles. The third-order valence-electron chi connectivity index (χ3n) is 5.90. The topological polar surface area (TPSA) is 133 Å². The number of hydrogen-bond acceptors (Lipinski definition) is 6. The van der Waals surface area contributed by atoms with Crippen LogP contribution in [0.5, 0.6) is 0 Å². The summed E-state index contributed by atoms with van der Waals surface area (Å²) in [4.78, 5) is 40.9. The number of nitrogens with zero attached hydrogens (tertiary/aromatic N) is 3. The number of rotatable bonds is 3. The lowest BCUT2D eigenvalue weighted by Crippen LogP contribution is -2.53. The molecule has 2 fully saturated rings. The summed E-state index contributed by atoms with van der Waals surface area (Å²) >= 11 is 0. The molecule has 2 saturated heterocycles. The molecule has 9 nitrogen and oxygen atoms in total. The van der Waals surface area contributed by atoms with E-state index in [-0.39, 0.29) is 17.4 Å². The largest absolute Gasteiger partial charge is 0.490 e. The summed E-state index contributed by atoms with van der Waals surface area (Å²) in [6.45, 7) is 2.85. The summed E-state index contributed by atoms with van der Waals surface area (Å²) in [7, 11) is 0. The number of carboxylic acid groups (broad SMARTS) is 2. The molecule has 2 aromatic rings. The highest BCUT2D eigenvalue weighted by Gasteiger charge is 2.48. The first-order valence-corrected chi connectivity index (χ1v) is 11.1. The normalized spacial score (nSPS) is 18.9. The van der Waals surface area contributed by atoms with Gasteiger partial charge in [-0.25, -0.2) is 9.59 Å². The van der Waals surface area contributed by atoms with Gasteiger partial charge in [-0.1, -0.05) is 6.07 Å². The number of amides is 1. The molecule has 0 radical (unpaired) electrons. The molecule has 4 rings (SSSR count). The Hall–Kier alpha value is -3.75. The summed E-state index contributed by atoms with van der Waals surface area (Å²) < 4.78 is 63.5. The summed E-state index contributed by atoms with van der Waals surface area (Å²) in [6, 6.07) is 10.1. The second kappa shape index (κ2) is 12.7. The third kappa shape index (κ3) is 8.97. The van der Waals surface area contributed by atoms with Crippen molar-refractivity contribution in [1.82, 2.24) is 20.2 Å². The Labute approximate surface area is 212 Å². The number of carboxylic acids is 2. The van der Waals surface area contributed by atoms with Crippen LogP contribution in [-0.2, 0) is 20.9 Å². The van der Waals surface area contributed by atoms with Crippen molar-refractivity contribution in [1.29, 1.82) is 0 Å². The number of nitrogens with one attached hydrogen (secondary N) is 1. The maximum Gasteiger partial charge on any atom is 0.490 e. The Morgan fingerprint density at radius 2 is 1.47 bits per heavy atom. The first-order valence-electron chi connectivity index (χ1n) is 11.1. The molecule has 15 heteroatoms. The van der Waals surface area contributed by atoms with Crippen LogP contribution in [0, 0.1) is 0 Å². The highest BCUT2D eigenvalue weighted by atomic mass is 19.4. The fraction of sp³-hybridized carbons (Fsp3) is 0.435. The van der Waals surface area contributed by atoms with Crippen LogP contribution in [0.1, 0.15) is 36.4 Å². The van der Waals surface area contributed by atoms with Crippen LogP contribution in [0.2, 0.25) is 0 Å². The van der Waals surface area contributed by atoms with E-state index in [1.165, 1.54) is 5.56 Å². The summed E-state index contributed by atoms with van der Waals surface area (Å²) in [6.07, 6.45) is -2.12. The molecular formula is C23H24F6N4O5. The van der Waals surface area contributed by atoms with Crippen molar-refractivity contribution in [2.24, 2.45) is 0 Å². The Kier molecular flexibility index (Phi) is 10.2. The van der Waals surface area contributed by atoms with Crippen molar-refractivity contribution < 1.29 is 50.9 Å². The Bertz CT molecular complexity index is 1050. The number of halogens is 6. The van der Waals surface area contributed by atoms with E-state index in [1.54, 1.807) is 0 Å². The van der Waals surface area contributed by atoms with Gasteiger partial charge in [0.15, 0.2) is 0 Å². The third-order valence-corrected chi connectivity index (χ3v) is 5.90.